The minimum absolute atomic E-state index is 0.103. The average molecular weight is 190 g/mol. The maximum absolute atomic E-state index is 11.1. The Morgan fingerprint density at radius 3 is 2.54 bits per heavy atom. The quantitative estimate of drug-likeness (QED) is 0.444. The number of amides is 1. The summed E-state index contributed by atoms with van der Waals surface area (Å²) in [6.45, 7) is 4.52. The zero-order valence-corrected chi connectivity index (χ0v) is 8.37. The summed E-state index contributed by atoms with van der Waals surface area (Å²) >= 11 is 0. The first kappa shape index (κ1) is 12.3. The third-order valence-electron chi connectivity index (χ3n) is 1.58. The summed E-state index contributed by atoms with van der Waals surface area (Å²) in [4.78, 5) is 15.9. The van der Waals surface area contributed by atoms with E-state index in [4.69, 9.17) is 15.3 Å². The first-order valence-electron chi connectivity index (χ1n) is 4.25. The summed E-state index contributed by atoms with van der Waals surface area (Å²) in [5, 5.41) is 0. The van der Waals surface area contributed by atoms with E-state index in [0.29, 0.717) is 13.2 Å². The highest BCUT2D eigenvalue weighted by molar-refractivity contribution is 5.80. The van der Waals surface area contributed by atoms with Gasteiger partial charge in [0.2, 0.25) is 0 Å². The van der Waals surface area contributed by atoms with Crippen LogP contribution in [0.25, 0.3) is 0 Å². The Bertz CT molecular complexity index is 150. The number of carbonyl (C=O) groups excluding carboxylic acids is 1. The fraction of sp³-hybridized carbons (Fsp3) is 0.875. The van der Waals surface area contributed by atoms with Gasteiger partial charge in [0.15, 0.2) is 0 Å². The van der Waals surface area contributed by atoms with Crippen LogP contribution in [0.1, 0.15) is 13.8 Å². The molecular weight excluding hydrogens is 172 g/mol. The zero-order chi connectivity index (χ0) is 10.3. The van der Waals surface area contributed by atoms with Crippen molar-refractivity contribution in [1.29, 1.82) is 0 Å². The van der Waals surface area contributed by atoms with Gasteiger partial charge in [-0.3, -0.25) is 9.63 Å². The van der Waals surface area contributed by atoms with E-state index in [2.05, 4.69) is 5.48 Å². The molecule has 1 amide bonds. The normalized spacial score (nSPS) is 13.0. The van der Waals surface area contributed by atoms with Gasteiger partial charge >= 0.3 is 0 Å². The average Bonchev–Trinajstić information content (AvgIpc) is 2.10. The molecule has 0 radical (unpaired) electrons. The molecule has 0 aliphatic carbocycles. The van der Waals surface area contributed by atoms with E-state index in [0.717, 1.165) is 0 Å². The fourth-order valence-corrected chi connectivity index (χ4v) is 0.618. The molecule has 0 spiro atoms. The molecule has 0 heterocycles. The lowest BCUT2D eigenvalue weighted by molar-refractivity contribution is -0.136. The third kappa shape index (κ3) is 5.57. The fourth-order valence-electron chi connectivity index (χ4n) is 0.618. The van der Waals surface area contributed by atoms with Crippen molar-refractivity contribution in [3.05, 3.63) is 0 Å². The molecule has 0 aliphatic heterocycles. The molecule has 0 aliphatic rings. The van der Waals surface area contributed by atoms with Gasteiger partial charge in [-0.1, -0.05) is 13.8 Å². The molecule has 0 bridgehead atoms. The van der Waals surface area contributed by atoms with Crippen LogP contribution in [-0.4, -0.2) is 32.3 Å². The van der Waals surface area contributed by atoms with Gasteiger partial charge in [0.25, 0.3) is 5.91 Å². The zero-order valence-electron chi connectivity index (χ0n) is 8.37. The maximum Gasteiger partial charge on any atom is 0.260 e. The van der Waals surface area contributed by atoms with Gasteiger partial charge in [-0.15, -0.1) is 0 Å². The highest BCUT2D eigenvalue weighted by atomic mass is 16.7. The number of carbonyl (C=O) groups is 1. The van der Waals surface area contributed by atoms with Gasteiger partial charge < -0.3 is 10.5 Å². The maximum atomic E-state index is 11.1. The summed E-state index contributed by atoms with van der Waals surface area (Å²) in [5.41, 5.74) is 7.81. The van der Waals surface area contributed by atoms with Gasteiger partial charge in [0.1, 0.15) is 0 Å². The Morgan fingerprint density at radius 1 is 1.46 bits per heavy atom. The second-order valence-corrected chi connectivity index (χ2v) is 3.08. The van der Waals surface area contributed by atoms with Crippen LogP contribution in [0.3, 0.4) is 0 Å². The number of hydroxylamine groups is 1. The van der Waals surface area contributed by atoms with Crippen molar-refractivity contribution in [3.63, 3.8) is 0 Å². The van der Waals surface area contributed by atoms with Crippen molar-refractivity contribution >= 4 is 5.91 Å². The Balaban J connectivity index is 3.50. The van der Waals surface area contributed by atoms with Crippen LogP contribution < -0.4 is 11.2 Å². The van der Waals surface area contributed by atoms with E-state index in [1.165, 1.54) is 0 Å². The van der Waals surface area contributed by atoms with Crippen molar-refractivity contribution < 1.29 is 14.4 Å². The standard InChI is InChI=1S/C8H18N2O3/c1-6(2)7(9)8(11)10-13-5-4-12-3/h6-7H,4-5,9H2,1-3H3,(H,10,11)/t7-/m0/s1. The molecule has 0 rings (SSSR count). The van der Waals surface area contributed by atoms with Gasteiger partial charge in [-0.05, 0) is 5.92 Å². The highest BCUT2D eigenvalue weighted by Gasteiger charge is 2.16. The molecule has 0 fully saturated rings. The van der Waals surface area contributed by atoms with Crippen LogP contribution in [0, 0.1) is 5.92 Å². The van der Waals surface area contributed by atoms with Crippen molar-refractivity contribution in [3.8, 4) is 0 Å². The summed E-state index contributed by atoms with van der Waals surface area (Å²) in [6.07, 6.45) is 0. The number of hydrogen-bond donors (Lipinski definition) is 2. The summed E-state index contributed by atoms with van der Waals surface area (Å²) in [5.74, 6) is -0.197. The lowest BCUT2D eigenvalue weighted by Crippen LogP contribution is -2.44. The minimum Gasteiger partial charge on any atom is -0.382 e. The predicted molar refractivity (Wildman–Crippen MR) is 48.8 cm³/mol. The molecule has 5 nitrogen and oxygen atoms in total. The van der Waals surface area contributed by atoms with E-state index in [9.17, 15) is 4.79 Å². The SMILES string of the molecule is COCCONC(=O)[C@@H](N)C(C)C. The molecule has 0 saturated heterocycles. The first-order valence-corrected chi connectivity index (χ1v) is 4.25. The third-order valence-corrected chi connectivity index (χ3v) is 1.58. The van der Waals surface area contributed by atoms with E-state index in [-0.39, 0.29) is 11.8 Å². The molecule has 0 aromatic carbocycles. The molecular formula is C8H18N2O3. The Hall–Kier alpha value is -0.650. The first-order chi connectivity index (χ1) is 6.09. The van der Waals surface area contributed by atoms with Crippen LogP contribution in [0.15, 0.2) is 0 Å². The van der Waals surface area contributed by atoms with Crippen LogP contribution >= 0.6 is 0 Å². The van der Waals surface area contributed by atoms with Crippen molar-refractivity contribution in [1.82, 2.24) is 5.48 Å². The lowest BCUT2D eigenvalue weighted by Gasteiger charge is -2.14. The summed E-state index contributed by atoms with van der Waals surface area (Å²) in [6, 6.07) is -0.525. The van der Waals surface area contributed by atoms with E-state index in [1.807, 2.05) is 13.8 Å². The van der Waals surface area contributed by atoms with Gasteiger partial charge in [0.05, 0.1) is 19.3 Å². The monoisotopic (exact) mass is 190 g/mol. The molecule has 5 heteroatoms. The molecule has 1 atom stereocenters. The lowest BCUT2D eigenvalue weighted by atomic mass is 10.1. The van der Waals surface area contributed by atoms with Crippen LogP contribution in [0.2, 0.25) is 0 Å². The van der Waals surface area contributed by atoms with E-state index in [1.54, 1.807) is 7.11 Å². The van der Waals surface area contributed by atoms with E-state index < -0.39 is 6.04 Å². The Kier molecular flexibility index (Phi) is 6.48. The topological polar surface area (TPSA) is 73.6 Å². The number of nitrogens with two attached hydrogens (primary N) is 1. The molecule has 13 heavy (non-hydrogen) atoms. The Morgan fingerprint density at radius 2 is 2.08 bits per heavy atom. The van der Waals surface area contributed by atoms with Gasteiger partial charge in [-0.2, -0.15) is 0 Å². The summed E-state index contributed by atoms with van der Waals surface area (Å²) in [7, 11) is 1.56. The number of hydrogen-bond acceptors (Lipinski definition) is 4. The van der Waals surface area contributed by atoms with Gasteiger partial charge in [0, 0.05) is 7.11 Å². The van der Waals surface area contributed by atoms with Gasteiger partial charge in [-0.25, -0.2) is 5.48 Å². The highest BCUT2D eigenvalue weighted by Crippen LogP contribution is 1.97. The van der Waals surface area contributed by atoms with Crippen LogP contribution in [0.4, 0.5) is 0 Å². The van der Waals surface area contributed by atoms with Crippen molar-refractivity contribution in [2.45, 2.75) is 19.9 Å². The molecule has 3 N–H and O–H groups in total. The minimum atomic E-state index is -0.525. The number of ether oxygens (including phenoxy) is 1. The Labute approximate surface area is 78.5 Å². The van der Waals surface area contributed by atoms with Crippen molar-refractivity contribution in [2.75, 3.05) is 20.3 Å². The number of rotatable bonds is 6. The molecule has 0 saturated carbocycles. The van der Waals surface area contributed by atoms with Crippen LogP contribution in [0.5, 0.6) is 0 Å². The largest absolute Gasteiger partial charge is 0.382 e. The molecule has 0 unspecified atom stereocenters. The van der Waals surface area contributed by atoms with Crippen LogP contribution in [-0.2, 0) is 14.4 Å². The van der Waals surface area contributed by atoms with E-state index >= 15 is 0 Å². The van der Waals surface area contributed by atoms with Crippen molar-refractivity contribution in [2.24, 2.45) is 11.7 Å². The smallest absolute Gasteiger partial charge is 0.260 e. The molecule has 78 valence electrons. The number of nitrogens with one attached hydrogen (secondary N) is 1. The summed E-state index contributed by atoms with van der Waals surface area (Å²) < 4.78 is 4.72. The number of methoxy groups -OCH3 is 1. The second kappa shape index (κ2) is 6.82. The predicted octanol–water partition coefficient (Wildman–Crippen LogP) is -0.336. The second-order valence-electron chi connectivity index (χ2n) is 3.08. The molecule has 0 aromatic heterocycles. The molecule has 0 aromatic rings.